The normalized spacial score (nSPS) is 9.64. The van der Waals surface area contributed by atoms with Crippen molar-refractivity contribution in [3.63, 3.8) is 0 Å². The van der Waals surface area contributed by atoms with Gasteiger partial charge in [-0.1, -0.05) is 11.6 Å². The Morgan fingerprint density at radius 1 is 1.50 bits per heavy atom. The first-order valence-corrected chi connectivity index (χ1v) is 4.32. The van der Waals surface area contributed by atoms with Crippen LogP contribution in [0.5, 0.6) is 5.75 Å². The molecule has 0 aliphatic heterocycles. The van der Waals surface area contributed by atoms with Crippen LogP contribution in [0, 0.1) is 0 Å². The summed E-state index contributed by atoms with van der Waals surface area (Å²) in [6.45, 7) is 1.38. The summed E-state index contributed by atoms with van der Waals surface area (Å²) < 4.78 is 4.92. The molecule has 0 fully saturated rings. The summed E-state index contributed by atoms with van der Waals surface area (Å²) in [6.07, 6.45) is 0.557. The van der Waals surface area contributed by atoms with Gasteiger partial charge < -0.3 is 4.74 Å². The first-order valence-electron chi connectivity index (χ1n) is 3.94. The fourth-order valence-electron chi connectivity index (χ4n) is 1.15. The SMILES string of the molecule is COc1ccc(C(C)=O)c(C=O)c1Cl. The van der Waals surface area contributed by atoms with Gasteiger partial charge in [0.2, 0.25) is 0 Å². The third-order valence-electron chi connectivity index (χ3n) is 1.86. The van der Waals surface area contributed by atoms with Crippen molar-refractivity contribution in [1.82, 2.24) is 0 Å². The summed E-state index contributed by atoms with van der Waals surface area (Å²) in [7, 11) is 1.45. The molecule has 0 spiro atoms. The van der Waals surface area contributed by atoms with Crippen molar-refractivity contribution in [2.24, 2.45) is 0 Å². The lowest BCUT2D eigenvalue weighted by Gasteiger charge is -2.07. The minimum Gasteiger partial charge on any atom is -0.495 e. The van der Waals surface area contributed by atoms with Gasteiger partial charge in [-0.3, -0.25) is 9.59 Å². The maximum absolute atomic E-state index is 11.1. The van der Waals surface area contributed by atoms with E-state index in [4.69, 9.17) is 16.3 Å². The third-order valence-corrected chi connectivity index (χ3v) is 2.25. The predicted molar refractivity (Wildman–Crippen MR) is 53.4 cm³/mol. The number of Topliss-reactive ketones (excluding diaryl/α,β-unsaturated/α-hetero) is 1. The Hall–Kier alpha value is -1.35. The van der Waals surface area contributed by atoms with E-state index in [1.165, 1.54) is 20.1 Å². The molecule has 0 aromatic heterocycles. The molecule has 0 unspecified atom stereocenters. The van der Waals surface area contributed by atoms with E-state index in [0.29, 0.717) is 17.6 Å². The molecule has 0 bridgehead atoms. The van der Waals surface area contributed by atoms with E-state index in [0.717, 1.165) is 0 Å². The maximum atomic E-state index is 11.1. The third kappa shape index (κ3) is 1.77. The van der Waals surface area contributed by atoms with Crippen molar-refractivity contribution in [1.29, 1.82) is 0 Å². The summed E-state index contributed by atoms with van der Waals surface area (Å²) in [4.78, 5) is 21.8. The zero-order valence-electron chi connectivity index (χ0n) is 7.83. The summed E-state index contributed by atoms with van der Waals surface area (Å²) in [6, 6.07) is 3.09. The Morgan fingerprint density at radius 2 is 2.14 bits per heavy atom. The Balaban J connectivity index is 3.43. The topological polar surface area (TPSA) is 43.4 Å². The lowest BCUT2D eigenvalue weighted by molar-refractivity contribution is 0.100. The molecule has 0 amide bonds. The van der Waals surface area contributed by atoms with Gasteiger partial charge in [0.15, 0.2) is 12.1 Å². The molecule has 0 saturated heterocycles. The fourth-order valence-corrected chi connectivity index (χ4v) is 1.44. The number of aldehydes is 1. The molecule has 0 saturated carbocycles. The van der Waals surface area contributed by atoms with Gasteiger partial charge in [0, 0.05) is 11.1 Å². The molecule has 0 heterocycles. The van der Waals surface area contributed by atoms with Crippen LogP contribution in [0.2, 0.25) is 5.02 Å². The molecule has 0 radical (unpaired) electrons. The van der Waals surface area contributed by atoms with Gasteiger partial charge in [-0.2, -0.15) is 0 Å². The van der Waals surface area contributed by atoms with E-state index in [1.54, 1.807) is 6.07 Å². The van der Waals surface area contributed by atoms with Crippen molar-refractivity contribution < 1.29 is 14.3 Å². The molecule has 0 aliphatic rings. The van der Waals surface area contributed by atoms with E-state index < -0.39 is 0 Å². The summed E-state index contributed by atoms with van der Waals surface area (Å²) in [5, 5.41) is 0.176. The van der Waals surface area contributed by atoms with Crippen molar-refractivity contribution >= 4 is 23.7 Å². The highest BCUT2D eigenvalue weighted by Gasteiger charge is 2.14. The standard InChI is InChI=1S/C10H9ClO3/c1-6(13)7-3-4-9(14-2)10(11)8(7)5-12/h3-5H,1-2H3. The minimum atomic E-state index is -0.198. The number of carbonyl (C=O) groups is 2. The first-order chi connectivity index (χ1) is 6.61. The minimum absolute atomic E-state index is 0.176. The number of rotatable bonds is 3. The number of hydrogen-bond acceptors (Lipinski definition) is 3. The van der Waals surface area contributed by atoms with E-state index in [2.05, 4.69) is 0 Å². The number of hydrogen-bond donors (Lipinski definition) is 0. The van der Waals surface area contributed by atoms with Gasteiger partial charge >= 0.3 is 0 Å². The van der Waals surface area contributed by atoms with Gasteiger partial charge in [-0.05, 0) is 19.1 Å². The summed E-state index contributed by atoms with van der Waals surface area (Å²) in [5.41, 5.74) is 0.490. The van der Waals surface area contributed by atoms with Crippen LogP contribution in [0.4, 0.5) is 0 Å². The number of carbonyl (C=O) groups excluding carboxylic acids is 2. The highest BCUT2D eigenvalue weighted by Crippen LogP contribution is 2.29. The molecular formula is C10H9ClO3. The smallest absolute Gasteiger partial charge is 0.160 e. The molecule has 0 aliphatic carbocycles. The molecule has 74 valence electrons. The quantitative estimate of drug-likeness (QED) is 0.571. The number of ketones is 1. The van der Waals surface area contributed by atoms with Crippen LogP contribution in [-0.4, -0.2) is 19.2 Å². The lowest BCUT2D eigenvalue weighted by atomic mass is 10.0. The van der Waals surface area contributed by atoms with E-state index in [9.17, 15) is 9.59 Å². The number of ether oxygens (including phenoxy) is 1. The van der Waals surface area contributed by atoms with Crippen molar-refractivity contribution in [3.8, 4) is 5.75 Å². The second kappa shape index (κ2) is 4.24. The van der Waals surface area contributed by atoms with E-state index >= 15 is 0 Å². The molecule has 4 heteroatoms. The molecule has 1 rings (SSSR count). The van der Waals surface area contributed by atoms with Gasteiger partial charge in [-0.15, -0.1) is 0 Å². The van der Waals surface area contributed by atoms with Crippen LogP contribution >= 0.6 is 11.6 Å². The summed E-state index contributed by atoms with van der Waals surface area (Å²) >= 11 is 5.85. The Bertz CT molecular complexity index is 385. The van der Waals surface area contributed by atoms with Gasteiger partial charge in [0.25, 0.3) is 0 Å². The van der Waals surface area contributed by atoms with E-state index in [1.807, 2.05) is 0 Å². The predicted octanol–water partition coefficient (Wildman–Crippen LogP) is 2.36. The van der Waals surface area contributed by atoms with Gasteiger partial charge in [-0.25, -0.2) is 0 Å². The fraction of sp³-hybridized carbons (Fsp3) is 0.200. The zero-order chi connectivity index (χ0) is 10.7. The summed E-state index contributed by atoms with van der Waals surface area (Å²) in [5.74, 6) is 0.190. The van der Waals surface area contributed by atoms with Crippen LogP contribution in [0.25, 0.3) is 0 Å². The van der Waals surface area contributed by atoms with Gasteiger partial charge in [0.1, 0.15) is 5.75 Å². The maximum Gasteiger partial charge on any atom is 0.160 e. The number of halogens is 1. The Labute approximate surface area is 86.6 Å². The molecule has 1 aromatic carbocycles. The molecular weight excluding hydrogens is 204 g/mol. The average Bonchev–Trinajstić information content (AvgIpc) is 2.17. The molecule has 14 heavy (non-hydrogen) atoms. The number of benzene rings is 1. The highest BCUT2D eigenvalue weighted by molar-refractivity contribution is 6.35. The molecule has 3 nitrogen and oxygen atoms in total. The van der Waals surface area contributed by atoms with Crippen LogP contribution in [0.3, 0.4) is 0 Å². The number of methoxy groups -OCH3 is 1. The average molecular weight is 213 g/mol. The molecule has 0 N–H and O–H groups in total. The van der Waals surface area contributed by atoms with Crippen molar-refractivity contribution in [2.75, 3.05) is 7.11 Å². The Morgan fingerprint density at radius 3 is 2.57 bits per heavy atom. The Kier molecular flexibility index (Phi) is 3.25. The second-order valence-corrected chi connectivity index (χ2v) is 3.10. The monoisotopic (exact) mass is 212 g/mol. The highest BCUT2D eigenvalue weighted by atomic mass is 35.5. The van der Waals surface area contributed by atoms with Crippen LogP contribution in [0.1, 0.15) is 27.6 Å². The van der Waals surface area contributed by atoms with Gasteiger partial charge in [0.05, 0.1) is 12.1 Å². The largest absolute Gasteiger partial charge is 0.495 e. The van der Waals surface area contributed by atoms with Crippen molar-refractivity contribution in [3.05, 3.63) is 28.3 Å². The molecule has 0 atom stereocenters. The van der Waals surface area contributed by atoms with E-state index in [-0.39, 0.29) is 16.4 Å². The van der Waals surface area contributed by atoms with Crippen LogP contribution in [-0.2, 0) is 0 Å². The first kappa shape index (κ1) is 10.7. The van der Waals surface area contributed by atoms with Crippen LogP contribution < -0.4 is 4.74 Å². The zero-order valence-corrected chi connectivity index (χ0v) is 8.59. The molecule has 1 aromatic rings. The lowest BCUT2D eigenvalue weighted by Crippen LogP contribution is -2.00. The second-order valence-electron chi connectivity index (χ2n) is 2.72. The van der Waals surface area contributed by atoms with Crippen molar-refractivity contribution in [2.45, 2.75) is 6.92 Å². The van der Waals surface area contributed by atoms with Crippen LogP contribution in [0.15, 0.2) is 12.1 Å².